The fourth-order valence-electron chi connectivity index (χ4n) is 2.96. The minimum absolute atomic E-state index is 0.0147. The van der Waals surface area contributed by atoms with E-state index < -0.39 is 0 Å². The van der Waals surface area contributed by atoms with Crippen molar-refractivity contribution >= 4 is 17.3 Å². The van der Waals surface area contributed by atoms with E-state index >= 15 is 0 Å². The standard InChI is InChI=1S/C18H32N4S/c1-14-8-10-22(11-9-14)15(16-7-6-12-23-16)13-20-17(19-5)21-18(2,3)4/h6-7,12,14-15H,8-11,13H2,1-5H3,(H2,19,20,21). The third-order valence-corrected chi connectivity index (χ3v) is 5.28. The van der Waals surface area contributed by atoms with Crippen molar-refractivity contribution in [3.63, 3.8) is 0 Å². The van der Waals surface area contributed by atoms with Gasteiger partial charge in [-0.3, -0.25) is 9.89 Å². The van der Waals surface area contributed by atoms with Crippen molar-refractivity contribution in [1.82, 2.24) is 15.5 Å². The smallest absolute Gasteiger partial charge is 0.191 e. The Bertz CT molecular complexity index is 482. The molecule has 1 saturated heterocycles. The van der Waals surface area contributed by atoms with Crippen molar-refractivity contribution in [3.8, 4) is 0 Å². The normalized spacial score (nSPS) is 19.6. The van der Waals surface area contributed by atoms with Crippen LogP contribution >= 0.6 is 11.3 Å². The number of aliphatic imine (C=N–C) groups is 1. The number of hydrogen-bond acceptors (Lipinski definition) is 3. The monoisotopic (exact) mass is 336 g/mol. The highest BCUT2D eigenvalue weighted by Crippen LogP contribution is 2.29. The Morgan fingerprint density at radius 3 is 2.61 bits per heavy atom. The van der Waals surface area contributed by atoms with Gasteiger partial charge in [-0.15, -0.1) is 11.3 Å². The van der Waals surface area contributed by atoms with Gasteiger partial charge in [0.15, 0.2) is 5.96 Å². The summed E-state index contributed by atoms with van der Waals surface area (Å²) < 4.78 is 0. The number of nitrogens with zero attached hydrogens (tertiary/aromatic N) is 2. The van der Waals surface area contributed by atoms with E-state index in [0.717, 1.165) is 18.4 Å². The quantitative estimate of drug-likeness (QED) is 0.653. The van der Waals surface area contributed by atoms with E-state index in [4.69, 9.17) is 0 Å². The van der Waals surface area contributed by atoms with E-state index in [-0.39, 0.29) is 5.54 Å². The van der Waals surface area contributed by atoms with Crippen molar-refractivity contribution in [3.05, 3.63) is 22.4 Å². The Hall–Kier alpha value is -1.07. The number of rotatable bonds is 4. The van der Waals surface area contributed by atoms with Crippen LogP contribution in [0.25, 0.3) is 0 Å². The van der Waals surface area contributed by atoms with Gasteiger partial charge in [-0.1, -0.05) is 13.0 Å². The second-order valence-corrected chi connectivity index (χ2v) is 8.56. The zero-order chi connectivity index (χ0) is 16.9. The molecule has 0 aliphatic carbocycles. The first-order chi connectivity index (χ1) is 10.9. The molecule has 1 fully saturated rings. The van der Waals surface area contributed by atoms with Crippen LogP contribution in [0.2, 0.25) is 0 Å². The second-order valence-electron chi connectivity index (χ2n) is 7.58. The Labute approximate surface area is 145 Å². The molecule has 4 nitrogen and oxygen atoms in total. The first-order valence-corrected chi connectivity index (χ1v) is 9.53. The van der Waals surface area contributed by atoms with E-state index in [9.17, 15) is 0 Å². The first kappa shape index (κ1) is 18.3. The summed E-state index contributed by atoms with van der Waals surface area (Å²) in [4.78, 5) is 8.43. The van der Waals surface area contributed by atoms with Crippen molar-refractivity contribution in [2.45, 2.75) is 52.1 Å². The van der Waals surface area contributed by atoms with Gasteiger partial charge in [-0.2, -0.15) is 0 Å². The second kappa shape index (κ2) is 8.15. The molecule has 1 unspecified atom stereocenters. The molecule has 2 rings (SSSR count). The molecule has 0 saturated carbocycles. The van der Waals surface area contributed by atoms with Gasteiger partial charge in [0.1, 0.15) is 0 Å². The molecule has 1 aromatic heterocycles. The van der Waals surface area contributed by atoms with Crippen LogP contribution in [-0.2, 0) is 0 Å². The lowest BCUT2D eigenvalue weighted by Gasteiger charge is -2.37. The molecule has 5 heteroatoms. The number of guanidine groups is 1. The maximum Gasteiger partial charge on any atom is 0.191 e. The number of likely N-dealkylation sites (tertiary alicyclic amines) is 1. The third-order valence-electron chi connectivity index (χ3n) is 4.31. The molecule has 0 radical (unpaired) electrons. The van der Waals surface area contributed by atoms with E-state index in [1.165, 1.54) is 30.8 Å². The van der Waals surface area contributed by atoms with Gasteiger partial charge in [0.2, 0.25) is 0 Å². The van der Waals surface area contributed by atoms with Gasteiger partial charge < -0.3 is 10.6 Å². The molecular weight excluding hydrogens is 304 g/mol. The van der Waals surface area contributed by atoms with Crippen molar-refractivity contribution in [2.24, 2.45) is 10.9 Å². The molecule has 2 heterocycles. The SMILES string of the molecule is CN=C(NCC(c1cccs1)N1CCC(C)CC1)NC(C)(C)C. The average Bonchev–Trinajstić information content (AvgIpc) is 3.01. The molecule has 1 atom stereocenters. The Balaban J connectivity index is 2.01. The fraction of sp³-hybridized carbons (Fsp3) is 0.722. The van der Waals surface area contributed by atoms with Crippen LogP contribution < -0.4 is 10.6 Å². The molecule has 0 amide bonds. The van der Waals surface area contributed by atoms with E-state index in [0.29, 0.717) is 6.04 Å². The molecular formula is C18H32N4S. The molecule has 23 heavy (non-hydrogen) atoms. The molecule has 2 N–H and O–H groups in total. The van der Waals surface area contributed by atoms with Crippen molar-refractivity contribution in [1.29, 1.82) is 0 Å². The maximum absolute atomic E-state index is 4.36. The zero-order valence-corrected chi connectivity index (χ0v) is 16.0. The summed E-state index contributed by atoms with van der Waals surface area (Å²) >= 11 is 1.86. The predicted octanol–water partition coefficient (Wildman–Crippen LogP) is 3.48. The minimum Gasteiger partial charge on any atom is -0.354 e. The minimum atomic E-state index is 0.0147. The summed E-state index contributed by atoms with van der Waals surface area (Å²) in [5.74, 6) is 1.74. The number of nitrogens with one attached hydrogen (secondary N) is 2. The van der Waals surface area contributed by atoms with Crippen LogP contribution in [0.4, 0.5) is 0 Å². The van der Waals surface area contributed by atoms with E-state index in [2.05, 4.69) is 65.7 Å². The van der Waals surface area contributed by atoms with E-state index in [1.54, 1.807) is 0 Å². The predicted molar refractivity (Wildman–Crippen MR) is 101 cm³/mol. The van der Waals surface area contributed by atoms with Crippen LogP contribution in [0.15, 0.2) is 22.5 Å². The highest BCUT2D eigenvalue weighted by atomic mass is 32.1. The summed E-state index contributed by atoms with van der Waals surface area (Å²) in [5.41, 5.74) is 0.0147. The molecule has 1 aromatic rings. The van der Waals surface area contributed by atoms with Crippen LogP contribution in [0, 0.1) is 5.92 Å². The zero-order valence-electron chi connectivity index (χ0n) is 15.2. The maximum atomic E-state index is 4.36. The fourth-order valence-corrected chi connectivity index (χ4v) is 3.82. The first-order valence-electron chi connectivity index (χ1n) is 8.65. The lowest BCUT2D eigenvalue weighted by atomic mass is 9.97. The number of hydrogen-bond donors (Lipinski definition) is 2. The number of thiophene rings is 1. The molecule has 1 aliphatic rings. The summed E-state index contributed by atoms with van der Waals surface area (Å²) in [6.07, 6.45) is 2.60. The average molecular weight is 337 g/mol. The molecule has 0 aromatic carbocycles. The van der Waals surface area contributed by atoms with Crippen molar-refractivity contribution in [2.75, 3.05) is 26.7 Å². The molecule has 1 aliphatic heterocycles. The highest BCUT2D eigenvalue weighted by Gasteiger charge is 2.25. The lowest BCUT2D eigenvalue weighted by Crippen LogP contribution is -2.50. The van der Waals surface area contributed by atoms with Gasteiger partial charge in [0.05, 0.1) is 6.04 Å². The topological polar surface area (TPSA) is 39.7 Å². The summed E-state index contributed by atoms with van der Waals surface area (Å²) in [5, 5.41) is 9.14. The lowest BCUT2D eigenvalue weighted by molar-refractivity contribution is 0.140. The van der Waals surface area contributed by atoms with Gasteiger partial charge in [-0.25, -0.2) is 0 Å². The van der Waals surface area contributed by atoms with E-state index in [1.807, 2.05) is 18.4 Å². The number of piperidine rings is 1. The highest BCUT2D eigenvalue weighted by molar-refractivity contribution is 7.10. The molecule has 130 valence electrons. The largest absolute Gasteiger partial charge is 0.354 e. The third kappa shape index (κ3) is 5.81. The van der Waals surface area contributed by atoms with Gasteiger partial charge in [0.25, 0.3) is 0 Å². The van der Waals surface area contributed by atoms with Crippen LogP contribution in [0.5, 0.6) is 0 Å². The summed E-state index contributed by atoms with van der Waals surface area (Å²) in [6, 6.07) is 4.84. The molecule has 0 bridgehead atoms. The van der Waals surface area contributed by atoms with Crippen LogP contribution in [0.3, 0.4) is 0 Å². The van der Waals surface area contributed by atoms with Gasteiger partial charge in [0, 0.05) is 24.0 Å². The summed E-state index contributed by atoms with van der Waals surface area (Å²) in [7, 11) is 1.84. The summed E-state index contributed by atoms with van der Waals surface area (Å²) in [6.45, 7) is 12.1. The van der Waals surface area contributed by atoms with Gasteiger partial charge in [-0.05, 0) is 64.1 Å². The Morgan fingerprint density at radius 1 is 1.39 bits per heavy atom. The Kier molecular flexibility index (Phi) is 6.48. The van der Waals surface area contributed by atoms with Gasteiger partial charge >= 0.3 is 0 Å². The van der Waals surface area contributed by atoms with Crippen LogP contribution in [0.1, 0.15) is 51.5 Å². The van der Waals surface area contributed by atoms with Crippen molar-refractivity contribution < 1.29 is 0 Å². The van der Waals surface area contributed by atoms with Crippen LogP contribution in [-0.4, -0.2) is 43.1 Å². The Morgan fingerprint density at radius 2 is 2.09 bits per heavy atom. The molecule has 0 spiro atoms.